The molecule has 1 aromatic carbocycles. The predicted molar refractivity (Wildman–Crippen MR) is 86.0 cm³/mol. The number of hydrogen-bond acceptors (Lipinski definition) is 4. The van der Waals surface area contributed by atoms with Crippen LogP contribution in [-0.4, -0.2) is 41.7 Å². The zero-order chi connectivity index (χ0) is 15.7. The van der Waals surface area contributed by atoms with Gasteiger partial charge in [-0.05, 0) is 31.9 Å². The van der Waals surface area contributed by atoms with Crippen molar-refractivity contribution in [2.75, 3.05) is 25.0 Å². The third-order valence-electron chi connectivity index (χ3n) is 3.47. The van der Waals surface area contributed by atoms with Gasteiger partial charge in [0.25, 0.3) is 0 Å². The number of benzene rings is 1. The van der Waals surface area contributed by atoms with Crippen molar-refractivity contribution in [1.82, 2.24) is 4.90 Å². The summed E-state index contributed by atoms with van der Waals surface area (Å²) in [5, 5.41) is 11.8. The van der Waals surface area contributed by atoms with Crippen LogP contribution in [0.25, 0.3) is 0 Å². The number of nitrogens with one attached hydrogen (secondary N) is 1. The summed E-state index contributed by atoms with van der Waals surface area (Å²) in [5.74, 6) is -0.00875. The molecular weight excluding hydrogens is 266 g/mol. The van der Waals surface area contributed by atoms with Gasteiger partial charge in [-0.2, -0.15) is 0 Å². The number of para-hydroxylation sites is 1. The smallest absolute Gasteiger partial charge is 0.225 e. The van der Waals surface area contributed by atoms with Crippen molar-refractivity contribution in [3.8, 4) is 0 Å². The minimum absolute atomic E-state index is 0.00875. The zero-order valence-corrected chi connectivity index (χ0v) is 13.0. The molecule has 0 saturated heterocycles. The van der Waals surface area contributed by atoms with Gasteiger partial charge in [-0.3, -0.25) is 4.79 Å². The second-order valence-electron chi connectivity index (χ2n) is 5.37. The van der Waals surface area contributed by atoms with E-state index in [9.17, 15) is 4.79 Å². The molecule has 0 fully saturated rings. The maximum atomic E-state index is 12.1. The van der Waals surface area contributed by atoms with Crippen molar-refractivity contribution in [1.29, 1.82) is 0 Å². The summed E-state index contributed by atoms with van der Waals surface area (Å²) in [6.45, 7) is 6.28. The average molecular weight is 293 g/mol. The Balaban J connectivity index is 2.49. The number of nitrogens with two attached hydrogens (primary N) is 1. The minimum Gasteiger partial charge on any atom is -0.396 e. The number of amides is 1. The fraction of sp³-hybridized carbons (Fsp3) is 0.562. The molecule has 0 unspecified atom stereocenters. The highest BCUT2D eigenvalue weighted by molar-refractivity contribution is 5.91. The van der Waals surface area contributed by atoms with E-state index in [-0.39, 0.29) is 12.5 Å². The minimum atomic E-state index is -0.00875. The van der Waals surface area contributed by atoms with Gasteiger partial charge in [0, 0.05) is 44.4 Å². The molecule has 0 aliphatic carbocycles. The summed E-state index contributed by atoms with van der Waals surface area (Å²) in [6, 6.07) is 7.94. The first-order valence-corrected chi connectivity index (χ1v) is 7.51. The van der Waals surface area contributed by atoms with Crippen LogP contribution in [0.3, 0.4) is 0 Å². The lowest BCUT2D eigenvalue weighted by atomic mass is 10.1. The van der Waals surface area contributed by atoms with Crippen molar-refractivity contribution < 1.29 is 9.90 Å². The fourth-order valence-electron chi connectivity index (χ4n) is 2.18. The molecule has 0 spiro atoms. The summed E-state index contributed by atoms with van der Waals surface area (Å²) >= 11 is 0. The van der Waals surface area contributed by atoms with Gasteiger partial charge in [-0.15, -0.1) is 0 Å². The van der Waals surface area contributed by atoms with E-state index >= 15 is 0 Å². The number of carbonyl (C=O) groups is 1. The normalized spacial score (nSPS) is 11.1. The largest absolute Gasteiger partial charge is 0.396 e. The molecule has 0 saturated carbocycles. The number of carbonyl (C=O) groups excluding carboxylic acids is 1. The van der Waals surface area contributed by atoms with Gasteiger partial charge in [0.15, 0.2) is 0 Å². The van der Waals surface area contributed by atoms with Crippen LogP contribution in [0.2, 0.25) is 0 Å². The number of aliphatic hydroxyl groups excluding tert-OH is 1. The molecule has 0 aliphatic heterocycles. The lowest BCUT2D eigenvalue weighted by Gasteiger charge is -2.25. The predicted octanol–water partition coefficient (Wildman–Crippen LogP) is 1.57. The van der Waals surface area contributed by atoms with Crippen LogP contribution in [0.5, 0.6) is 0 Å². The topological polar surface area (TPSA) is 78.6 Å². The Labute approximate surface area is 127 Å². The highest BCUT2D eigenvalue weighted by atomic mass is 16.3. The first kappa shape index (κ1) is 17.6. The Morgan fingerprint density at radius 1 is 1.33 bits per heavy atom. The molecule has 21 heavy (non-hydrogen) atoms. The molecule has 1 amide bonds. The molecule has 1 rings (SSSR count). The Bertz CT molecular complexity index is 435. The van der Waals surface area contributed by atoms with Crippen molar-refractivity contribution in [2.24, 2.45) is 5.73 Å². The lowest BCUT2D eigenvalue weighted by Crippen LogP contribution is -2.35. The Kier molecular flexibility index (Phi) is 7.97. The molecule has 1 aromatic rings. The monoisotopic (exact) mass is 293 g/mol. The van der Waals surface area contributed by atoms with Gasteiger partial charge in [0.05, 0.1) is 0 Å². The van der Waals surface area contributed by atoms with Crippen LogP contribution in [0.4, 0.5) is 5.69 Å². The van der Waals surface area contributed by atoms with Crippen LogP contribution < -0.4 is 11.1 Å². The Morgan fingerprint density at radius 2 is 2.05 bits per heavy atom. The summed E-state index contributed by atoms with van der Waals surface area (Å²) in [5.41, 5.74) is 7.39. The van der Waals surface area contributed by atoms with Crippen molar-refractivity contribution >= 4 is 11.6 Å². The molecule has 0 heterocycles. The first-order valence-electron chi connectivity index (χ1n) is 7.51. The van der Waals surface area contributed by atoms with Crippen molar-refractivity contribution in [3.05, 3.63) is 29.8 Å². The Hall–Kier alpha value is -1.43. The second-order valence-corrected chi connectivity index (χ2v) is 5.37. The van der Waals surface area contributed by atoms with E-state index in [4.69, 9.17) is 10.8 Å². The van der Waals surface area contributed by atoms with Crippen LogP contribution in [-0.2, 0) is 11.3 Å². The molecule has 0 aromatic heterocycles. The van der Waals surface area contributed by atoms with Gasteiger partial charge in [0.1, 0.15) is 0 Å². The van der Waals surface area contributed by atoms with Gasteiger partial charge < -0.3 is 21.1 Å². The van der Waals surface area contributed by atoms with E-state index in [0.717, 1.165) is 24.2 Å². The molecule has 0 aliphatic rings. The van der Waals surface area contributed by atoms with Crippen LogP contribution in [0.15, 0.2) is 24.3 Å². The number of anilines is 1. The van der Waals surface area contributed by atoms with E-state index in [1.807, 2.05) is 24.3 Å². The molecule has 0 atom stereocenters. The highest BCUT2D eigenvalue weighted by Gasteiger charge is 2.12. The van der Waals surface area contributed by atoms with Gasteiger partial charge in [-0.25, -0.2) is 0 Å². The van der Waals surface area contributed by atoms with Gasteiger partial charge >= 0.3 is 0 Å². The molecular formula is C16H27N3O2. The number of aliphatic hydroxyl groups is 1. The fourth-order valence-corrected chi connectivity index (χ4v) is 2.18. The third kappa shape index (κ3) is 6.25. The van der Waals surface area contributed by atoms with Gasteiger partial charge in [-0.1, -0.05) is 18.2 Å². The summed E-state index contributed by atoms with van der Waals surface area (Å²) in [7, 11) is 0. The molecule has 0 bridgehead atoms. The molecule has 4 N–H and O–H groups in total. The summed E-state index contributed by atoms with van der Waals surface area (Å²) in [6.07, 6.45) is 1.17. The molecule has 0 radical (unpaired) electrons. The molecule has 5 nitrogen and oxygen atoms in total. The van der Waals surface area contributed by atoms with Crippen molar-refractivity contribution in [2.45, 2.75) is 39.3 Å². The second kappa shape index (κ2) is 9.50. The number of rotatable bonds is 9. The average Bonchev–Trinajstić information content (AvgIpc) is 2.47. The van der Waals surface area contributed by atoms with E-state index in [1.165, 1.54) is 0 Å². The van der Waals surface area contributed by atoms with E-state index in [0.29, 0.717) is 25.6 Å². The van der Waals surface area contributed by atoms with Crippen LogP contribution in [0.1, 0.15) is 32.3 Å². The standard InChI is InChI=1S/C16H27N3O2/c1-13(2)19(9-5-11-20)10-8-16(21)18-15-7-4-3-6-14(15)12-17/h3-4,6-7,13,20H,5,8-12,17H2,1-2H3,(H,18,21). The lowest BCUT2D eigenvalue weighted by molar-refractivity contribution is -0.116. The first-order chi connectivity index (χ1) is 10.1. The number of nitrogens with zero attached hydrogens (tertiary/aromatic N) is 1. The summed E-state index contributed by atoms with van der Waals surface area (Å²) in [4.78, 5) is 14.3. The maximum Gasteiger partial charge on any atom is 0.225 e. The van der Waals surface area contributed by atoms with Crippen LogP contribution >= 0.6 is 0 Å². The van der Waals surface area contributed by atoms with Crippen LogP contribution in [0, 0.1) is 0 Å². The molecule has 5 heteroatoms. The van der Waals surface area contributed by atoms with Gasteiger partial charge in [0.2, 0.25) is 5.91 Å². The maximum absolute atomic E-state index is 12.1. The quantitative estimate of drug-likeness (QED) is 0.646. The summed E-state index contributed by atoms with van der Waals surface area (Å²) < 4.78 is 0. The number of hydrogen-bond donors (Lipinski definition) is 3. The van der Waals surface area contributed by atoms with E-state index < -0.39 is 0 Å². The van der Waals surface area contributed by atoms with E-state index in [2.05, 4.69) is 24.1 Å². The molecule has 118 valence electrons. The highest BCUT2D eigenvalue weighted by Crippen LogP contribution is 2.14. The SMILES string of the molecule is CC(C)N(CCCO)CCC(=O)Nc1ccccc1CN. The van der Waals surface area contributed by atoms with Crippen molar-refractivity contribution in [3.63, 3.8) is 0 Å². The third-order valence-corrected chi connectivity index (χ3v) is 3.47. The van der Waals surface area contributed by atoms with E-state index in [1.54, 1.807) is 0 Å². The Morgan fingerprint density at radius 3 is 2.67 bits per heavy atom. The zero-order valence-electron chi connectivity index (χ0n) is 13.0.